The number of rotatable bonds is 62. The average Bonchev–Trinajstić information content (AvgIpc) is 3.41. The van der Waals surface area contributed by atoms with Crippen LogP contribution in [0.2, 0.25) is 0 Å². The van der Waals surface area contributed by atoms with E-state index in [1.165, 1.54) is 212 Å². The van der Waals surface area contributed by atoms with Crippen LogP contribution in [0.25, 0.3) is 0 Å². The van der Waals surface area contributed by atoms with Gasteiger partial charge in [-0.25, -0.2) is 4.79 Å². The van der Waals surface area contributed by atoms with Crippen LogP contribution in [0.5, 0.6) is 0 Å². The number of hydrogen-bond acceptors (Lipinski definition) is 7. The molecule has 0 spiro atoms. The van der Waals surface area contributed by atoms with Crippen molar-refractivity contribution in [3.63, 3.8) is 0 Å². The fraction of sp³-hybridized carbons (Fsp3) is 0.841. The zero-order valence-corrected chi connectivity index (χ0v) is 52.1. The second-order valence-electron chi connectivity index (χ2n) is 23.8. The van der Waals surface area contributed by atoms with Gasteiger partial charge in [0.1, 0.15) is 13.2 Å². The van der Waals surface area contributed by atoms with Gasteiger partial charge in [-0.05, 0) is 51.4 Å². The highest BCUT2D eigenvalue weighted by molar-refractivity contribution is 5.71. The number of carbonyl (C=O) groups excluding carboxylic acids is 2. The summed E-state index contributed by atoms with van der Waals surface area (Å²) >= 11 is 0. The Morgan fingerprint density at radius 1 is 0.397 bits per heavy atom. The molecule has 0 heterocycles. The maximum atomic E-state index is 12.9. The Bertz CT molecular complexity index is 1420. The largest absolute Gasteiger partial charge is 0.477 e. The van der Waals surface area contributed by atoms with Crippen LogP contribution in [0.15, 0.2) is 48.6 Å². The summed E-state index contributed by atoms with van der Waals surface area (Å²) in [5.41, 5.74) is 0. The van der Waals surface area contributed by atoms with E-state index in [0.717, 1.165) is 77.0 Å². The minimum atomic E-state index is -1.51. The smallest absolute Gasteiger partial charge is 0.361 e. The highest BCUT2D eigenvalue weighted by Gasteiger charge is 2.25. The van der Waals surface area contributed by atoms with Crippen LogP contribution < -0.4 is 0 Å². The Kier molecular flexibility index (Phi) is 58.2. The number of unbranched alkanes of at least 4 members (excludes halogenated alkanes) is 39. The lowest BCUT2D eigenvalue weighted by atomic mass is 10.0. The van der Waals surface area contributed by atoms with E-state index in [1.54, 1.807) is 0 Å². The van der Waals surface area contributed by atoms with Crippen LogP contribution in [0.1, 0.15) is 316 Å². The maximum Gasteiger partial charge on any atom is 0.361 e. The van der Waals surface area contributed by atoms with E-state index in [1.807, 2.05) is 21.1 Å². The number of aliphatic carboxylic acids is 1. The molecule has 0 aliphatic carbocycles. The van der Waals surface area contributed by atoms with Crippen LogP contribution in [0.4, 0.5) is 0 Å². The average molecular weight is 1100 g/mol. The highest BCUT2D eigenvalue weighted by atomic mass is 16.7. The van der Waals surface area contributed by atoms with E-state index < -0.39 is 24.3 Å². The Hall–Kier alpha value is -2.75. The van der Waals surface area contributed by atoms with Crippen molar-refractivity contribution in [3.05, 3.63) is 48.6 Å². The number of quaternary nitrogens is 1. The lowest BCUT2D eigenvalue weighted by molar-refractivity contribution is -0.870. The predicted octanol–water partition coefficient (Wildman–Crippen LogP) is 20.2. The second-order valence-corrected chi connectivity index (χ2v) is 23.8. The minimum Gasteiger partial charge on any atom is -0.477 e. The molecule has 0 amide bonds. The fourth-order valence-electron chi connectivity index (χ4n) is 9.77. The second kappa shape index (κ2) is 60.3. The van der Waals surface area contributed by atoms with E-state index in [-0.39, 0.29) is 32.2 Å². The quantitative estimate of drug-likeness (QED) is 0.0211. The molecule has 78 heavy (non-hydrogen) atoms. The van der Waals surface area contributed by atoms with Crippen molar-refractivity contribution in [2.45, 2.75) is 328 Å². The Labute approximate surface area is 482 Å². The lowest BCUT2D eigenvalue weighted by Gasteiger charge is -2.25. The predicted molar refractivity (Wildman–Crippen MR) is 332 cm³/mol. The van der Waals surface area contributed by atoms with Crippen molar-refractivity contribution in [1.29, 1.82) is 0 Å². The molecule has 0 aliphatic heterocycles. The Morgan fingerprint density at radius 3 is 1.09 bits per heavy atom. The lowest BCUT2D eigenvalue weighted by Crippen LogP contribution is -2.40. The summed E-state index contributed by atoms with van der Waals surface area (Å²) in [7, 11) is 5.98. The van der Waals surface area contributed by atoms with Crippen molar-refractivity contribution < 1.29 is 42.9 Å². The molecule has 0 radical (unpaired) electrons. The number of allylic oxidation sites excluding steroid dienone is 8. The van der Waals surface area contributed by atoms with Crippen LogP contribution in [-0.2, 0) is 33.3 Å². The van der Waals surface area contributed by atoms with Gasteiger partial charge < -0.3 is 28.5 Å². The third-order valence-corrected chi connectivity index (χ3v) is 14.8. The Balaban J connectivity index is 4.09. The molecule has 0 aliphatic rings. The van der Waals surface area contributed by atoms with Crippen molar-refractivity contribution in [2.24, 2.45) is 0 Å². The molecule has 9 nitrogen and oxygen atoms in total. The molecule has 2 atom stereocenters. The minimum absolute atomic E-state index is 0.181. The van der Waals surface area contributed by atoms with Crippen LogP contribution in [-0.4, -0.2) is 87.4 Å². The summed E-state index contributed by atoms with van der Waals surface area (Å²) in [6.07, 6.45) is 73.6. The van der Waals surface area contributed by atoms with Gasteiger partial charge in [-0.1, -0.05) is 300 Å². The number of likely N-dealkylation sites (N-methyl/N-ethyl adjacent to an activating group) is 1. The maximum absolute atomic E-state index is 12.9. The molecule has 0 aromatic heterocycles. The van der Waals surface area contributed by atoms with Crippen molar-refractivity contribution >= 4 is 17.9 Å². The molecule has 0 saturated carbocycles. The standard InChI is InChI=1S/C69H127NO8/c1-6-8-10-12-14-16-18-20-22-24-26-28-30-31-32-33-34-35-36-38-39-41-43-45-47-49-51-53-55-57-59-66(71)76-63-65(64-77-69(68(73)74)75-62-61-70(3,4)5)78-67(72)60-58-56-54-52-50-48-46-44-42-40-37-29-27-25-23-21-19-17-15-13-11-9-7-2/h9,11,15,17,21,23,27,29,65,69H,6-8,10,12-14,16,18-20,22,24-26,28,30-64H2,1-5H3/p+1/b11-9-,17-15-,23-21-,29-27-. The SMILES string of the molecule is CC/C=C\C/C=C\C/C=C\C/C=C\CCCCCCCCCCCCC(=O)OC(COC(=O)CCCCCCCCCCCCCCCCCCCCCCCCCCCCCCCC)COC(OCC[N+](C)(C)C)C(=O)O. The van der Waals surface area contributed by atoms with E-state index in [2.05, 4.69) is 62.5 Å². The van der Waals surface area contributed by atoms with E-state index in [9.17, 15) is 19.5 Å². The number of carboxylic acid groups (broad SMARTS) is 1. The first kappa shape index (κ1) is 75.2. The number of nitrogens with zero attached hydrogens (tertiary/aromatic N) is 1. The zero-order chi connectivity index (χ0) is 56.9. The molecule has 9 heteroatoms. The molecule has 0 bridgehead atoms. The third-order valence-electron chi connectivity index (χ3n) is 14.8. The molecule has 2 unspecified atom stereocenters. The molecule has 0 saturated heterocycles. The van der Waals surface area contributed by atoms with Gasteiger partial charge in [0.25, 0.3) is 6.29 Å². The Morgan fingerprint density at radius 2 is 0.731 bits per heavy atom. The van der Waals surface area contributed by atoms with Crippen LogP contribution in [0, 0.1) is 0 Å². The van der Waals surface area contributed by atoms with Gasteiger partial charge >= 0.3 is 17.9 Å². The van der Waals surface area contributed by atoms with Gasteiger partial charge in [0.2, 0.25) is 0 Å². The first-order valence-electron chi connectivity index (χ1n) is 33.3. The number of esters is 2. The van der Waals surface area contributed by atoms with E-state index >= 15 is 0 Å². The van der Waals surface area contributed by atoms with Gasteiger partial charge in [0, 0.05) is 12.8 Å². The van der Waals surface area contributed by atoms with Crippen LogP contribution in [0.3, 0.4) is 0 Å². The monoisotopic (exact) mass is 1100 g/mol. The highest BCUT2D eigenvalue weighted by Crippen LogP contribution is 2.18. The normalized spacial score (nSPS) is 13.0. The van der Waals surface area contributed by atoms with Gasteiger partial charge in [-0.3, -0.25) is 9.59 Å². The third kappa shape index (κ3) is 60.9. The van der Waals surface area contributed by atoms with E-state index in [4.69, 9.17) is 18.9 Å². The molecule has 456 valence electrons. The van der Waals surface area contributed by atoms with Gasteiger partial charge in [-0.2, -0.15) is 0 Å². The van der Waals surface area contributed by atoms with Crippen molar-refractivity contribution in [3.8, 4) is 0 Å². The van der Waals surface area contributed by atoms with Crippen LogP contribution >= 0.6 is 0 Å². The molecular formula is C69H128NO8+. The first-order valence-corrected chi connectivity index (χ1v) is 33.3. The van der Waals surface area contributed by atoms with Gasteiger partial charge in [-0.15, -0.1) is 0 Å². The first-order chi connectivity index (χ1) is 38.1. The number of ether oxygens (including phenoxy) is 4. The van der Waals surface area contributed by atoms with Crippen molar-refractivity contribution in [1.82, 2.24) is 0 Å². The summed E-state index contributed by atoms with van der Waals surface area (Å²) in [5.74, 6) is -1.99. The molecular weight excluding hydrogens is 971 g/mol. The summed E-state index contributed by atoms with van der Waals surface area (Å²) in [6, 6.07) is 0. The number of carbonyl (C=O) groups is 3. The number of carboxylic acids is 1. The van der Waals surface area contributed by atoms with Gasteiger partial charge in [0.15, 0.2) is 6.10 Å². The summed E-state index contributed by atoms with van der Waals surface area (Å²) in [6.45, 7) is 4.81. The molecule has 0 aromatic rings. The topological polar surface area (TPSA) is 108 Å². The summed E-state index contributed by atoms with van der Waals surface area (Å²) < 4.78 is 23.0. The molecule has 0 rings (SSSR count). The summed E-state index contributed by atoms with van der Waals surface area (Å²) in [4.78, 5) is 37.6. The molecule has 0 aromatic carbocycles. The fourth-order valence-corrected chi connectivity index (χ4v) is 9.77. The summed E-state index contributed by atoms with van der Waals surface area (Å²) in [5, 5.41) is 9.73. The number of hydrogen-bond donors (Lipinski definition) is 1. The van der Waals surface area contributed by atoms with E-state index in [0.29, 0.717) is 17.4 Å². The molecule has 1 N–H and O–H groups in total. The van der Waals surface area contributed by atoms with Crippen molar-refractivity contribution in [2.75, 3.05) is 47.5 Å². The molecule has 0 fully saturated rings. The zero-order valence-electron chi connectivity index (χ0n) is 52.1. The van der Waals surface area contributed by atoms with Gasteiger partial charge in [0.05, 0.1) is 34.4 Å².